The molecule has 1 aliphatic carbocycles. The molecule has 1 fully saturated rings. The second-order valence-corrected chi connectivity index (χ2v) is 8.15. The predicted molar refractivity (Wildman–Crippen MR) is 119 cm³/mol. The lowest BCUT2D eigenvalue weighted by Gasteiger charge is -2.32. The van der Waals surface area contributed by atoms with E-state index in [0.717, 1.165) is 25.7 Å². The van der Waals surface area contributed by atoms with Gasteiger partial charge in [0.1, 0.15) is 23.2 Å². The number of halogens is 1. The summed E-state index contributed by atoms with van der Waals surface area (Å²) in [7, 11) is 0. The van der Waals surface area contributed by atoms with Gasteiger partial charge in [-0.1, -0.05) is 48.3 Å². The number of rotatable bonds is 6. The van der Waals surface area contributed by atoms with Crippen molar-refractivity contribution in [3.63, 3.8) is 0 Å². The van der Waals surface area contributed by atoms with Crippen LogP contribution in [0.5, 0.6) is 0 Å². The molecule has 32 heavy (non-hydrogen) atoms. The van der Waals surface area contributed by atoms with Crippen LogP contribution >= 0.6 is 0 Å². The van der Waals surface area contributed by atoms with Crippen molar-refractivity contribution in [3.8, 4) is 0 Å². The number of hydrogen-bond acceptors (Lipinski definition) is 4. The van der Waals surface area contributed by atoms with E-state index in [1.54, 1.807) is 13.8 Å². The number of carbonyl (C=O) groups is 2. The predicted octanol–water partition coefficient (Wildman–Crippen LogP) is 4.88. The Morgan fingerprint density at radius 3 is 2.31 bits per heavy atom. The van der Waals surface area contributed by atoms with Crippen LogP contribution in [0.4, 0.5) is 10.1 Å². The highest BCUT2D eigenvalue weighted by Gasteiger charge is 2.36. The Bertz CT molecular complexity index is 1070. The number of benzene rings is 2. The minimum Gasteiger partial charge on any atom is -0.361 e. The van der Waals surface area contributed by atoms with Gasteiger partial charge in [0, 0.05) is 11.7 Å². The van der Waals surface area contributed by atoms with E-state index in [1.807, 2.05) is 30.3 Å². The number of anilines is 1. The molecule has 166 valence electrons. The van der Waals surface area contributed by atoms with E-state index >= 15 is 0 Å². The van der Waals surface area contributed by atoms with E-state index < -0.39 is 17.8 Å². The molecule has 1 aromatic heterocycles. The topological polar surface area (TPSA) is 75.4 Å². The summed E-state index contributed by atoms with van der Waals surface area (Å²) in [6.45, 7) is 3.34. The van der Waals surface area contributed by atoms with Crippen LogP contribution in [0.25, 0.3) is 0 Å². The van der Waals surface area contributed by atoms with Gasteiger partial charge in [0.15, 0.2) is 0 Å². The second kappa shape index (κ2) is 9.34. The van der Waals surface area contributed by atoms with Crippen LogP contribution < -0.4 is 10.2 Å². The zero-order valence-corrected chi connectivity index (χ0v) is 18.2. The van der Waals surface area contributed by atoms with E-state index in [4.69, 9.17) is 4.52 Å². The molecule has 0 unspecified atom stereocenters. The molecule has 1 saturated carbocycles. The molecule has 1 heterocycles. The smallest absolute Gasteiger partial charge is 0.264 e. The van der Waals surface area contributed by atoms with Crippen LogP contribution in [0.15, 0.2) is 59.1 Å². The molecule has 6 nitrogen and oxygen atoms in total. The molecule has 0 spiro atoms. The standard InChI is InChI=1S/C25H26FN3O3/c1-16-22(17(2)32-28-16)25(31)29(21-14-12-19(26)13-15-21)23(18-8-4-3-5-9-18)24(30)27-20-10-6-7-11-20/h3-5,8-9,12-15,20,23H,6-7,10-11H2,1-2H3,(H,27,30)/t23-/m1/s1. The molecular formula is C25H26FN3O3. The van der Waals surface area contributed by atoms with Crippen LogP contribution in [0, 0.1) is 19.7 Å². The van der Waals surface area contributed by atoms with Gasteiger partial charge >= 0.3 is 0 Å². The summed E-state index contributed by atoms with van der Waals surface area (Å²) in [6, 6.07) is 13.8. The molecule has 0 saturated heterocycles. The molecule has 3 aromatic rings. The Morgan fingerprint density at radius 2 is 1.72 bits per heavy atom. The number of aryl methyl sites for hydroxylation is 2. The summed E-state index contributed by atoms with van der Waals surface area (Å²) in [6.07, 6.45) is 3.98. The fourth-order valence-electron chi connectivity index (χ4n) is 4.30. The number of nitrogens with one attached hydrogen (secondary N) is 1. The summed E-state index contributed by atoms with van der Waals surface area (Å²) in [5.41, 5.74) is 1.80. The van der Waals surface area contributed by atoms with Crippen molar-refractivity contribution in [2.24, 2.45) is 0 Å². The second-order valence-electron chi connectivity index (χ2n) is 8.15. The summed E-state index contributed by atoms with van der Waals surface area (Å²) in [4.78, 5) is 28.9. The number of amides is 2. The Labute approximate surface area is 186 Å². The Kier molecular flexibility index (Phi) is 6.35. The van der Waals surface area contributed by atoms with Gasteiger partial charge in [0.2, 0.25) is 5.91 Å². The van der Waals surface area contributed by atoms with E-state index in [1.165, 1.54) is 29.2 Å². The van der Waals surface area contributed by atoms with Crippen LogP contribution in [-0.4, -0.2) is 23.0 Å². The molecule has 4 rings (SSSR count). The molecule has 1 N–H and O–H groups in total. The summed E-state index contributed by atoms with van der Waals surface area (Å²) in [5, 5.41) is 7.03. The zero-order chi connectivity index (χ0) is 22.7. The van der Waals surface area contributed by atoms with E-state index in [0.29, 0.717) is 28.3 Å². The Hall–Kier alpha value is -3.48. The van der Waals surface area contributed by atoms with Crippen molar-refractivity contribution in [2.75, 3.05) is 4.90 Å². The fourth-order valence-corrected chi connectivity index (χ4v) is 4.30. The van der Waals surface area contributed by atoms with Crippen LogP contribution in [0.3, 0.4) is 0 Å². The molecule has 1 atom stereocenters. The first-order valence-corrected chi connectivity index (χ1v) is 10.8. The van der Waals surface area contributed by atoms with Crippen molar-refractivity contribution in [1.82, 2.24) is 10.5 Å². The average molecular weight is 435 g/mol. The van der Waals surface area contributed by atoms with Crippen LogP contribution in [0.1, 0.15) is 59.1 Å². The minimum atomic E-state index is -0.941. The highest BCUT2D eigenvalue weighted by Crippen LogP contribution is 2.32. The molecular weight excluding hydrogens is 409 g/mol. The third kappa shape index (κ3) is 4.42. The summed E-state index contributed by atoms with van der Waals surface area (Å²) >= 11 is 0. The van der Waals surface area contributed by atoms with Crippen molar-refractivity contribution >= 4 is 17.5 Å². The number of nitrogens with zero attached hydrogens (tertiary/aromatic N) is 2. The normalized spacial score (nSPS) is 14.8. The van der Waals surface area contributed by atoms with E-state index in [-0.39, 0.29) is 11.9 Å². The monoisotopic (exact) mass is 435 g/mol. The lowest BCUT2D eigenvalue weighted by molar-refractivity contribution is -0.123. The molecule has 1 aliphatic rings. The largest absolute Gasteiger partial charge is 0.361 e. The molecule has 2 amide bonds. The van der Waals surface area contributed by atoms with Gasteiger partial charge < -0.3 is 9.84 Å². The molecule has 0 bridgehead atoms. The van der Waals surface area contributed by atoms with Gasteiger partial charge in [0.05, 0.1) is 5.69 Å². The zero-order valence-electron chi connectivity index (χ0n) is 18.2. The first kappa shape index (κ1) is 21.7. The number of aromatic nitrogens is 1. The number of hydrogen-bond donors (Lipinski definition) is 1. The van der Waals surface area contributed by atoms with Gasteiger partial charge in [-0.05, 0) is 56.5 Å². The molecule has 2 aromatic carbocycles. The third-order valence-corrected chi connectivity index (χ3v) is 5.89. The molecule has 7 heteroatoms. The van der Waals surface area contributed by atoms with Crippen molar-refractivity contribution in [3.05, 3.63) is 83.0 Å². The Balaban J connectivity index is 1.83. The van der Waals surface area contributed by atoms with Gasteiger partial charge in [-0.15, -0.1) is 0 Å². The van der Waals surface area contributed by atoms with Crippen LogP contribution in [-0.2, 0) is 4.79 Å². The molecule has 0 radical (unpaired) electrons. The van der Waals surface area contributed by atoms with Gasteiger partial charge in [0.25, 0.3) is 5.91 Å². The van der Waals surface area contributed by atoms with E-state index in [2.05, 4.69) is 10.5 Å². The fraction of sp³-hybridized carbons (Fsp3) is 0.320. The van der Waals surface area contributed by atoms with Crippen molar-refractivity contribution in [2.45, 2.75) is 51.6 Å². The average Bonchev–Trinajstić information content (AvgIpc) is 3.42. The highest BCUT2D eigenvalue weighted by atomic mass is 19.1. The van der Waals surface area contributed by atoms with E-state index in [9.17, 15) is 14.0 Å². The SMILES string of the molecule is Cc1noc(C)c1C(=O)N(c1ccc(F)cc1)[C@@H](C(=O)NC1CCCC1)c1ccccc1. The first-order chi connectivity index (χ1) is 15.5. The summed E-state index contributed by atoms with van der Waals surface area (Å²) in [5.74, 6) is -0.761. The number of carbonyl (C=O) groups excluding carboxylic acids is 2. The first-order valence-electron chi connectivity index (χ1n) is 10.8. The maximum absolute atomic E-state index is 13.8. The van der Waals surface area contributed by atoms with Gasteiger partial charge in [-0.3, -0.25) is 14.5 Å². The maximum atomic E-state index is 13.8. The van der Waals surface area contributed by atoms with Crippen molar-refractivity contribution < 1.29 is 18.5 Å². The minimum absolute atomic E-state index is 0.0814. The third-order valence-electron chi connectivity index (χ3n) is 5.89. The molecule has 0 aliphatic heterocycles. The highest BCUT2D eigenvalue weighted by molar-refractivity contribution is 6.11. The van der Waals surface area contributed by atoms with Gasteiger partial charge in [-0.25, -0.2) is 4.39 Å². The quantitative estimate of drug-likeness (QED) is 0.599. The lowest BCUT2D eigenvalue weighted by atomic mass is 10.0. The summed E-state index contributed by atoms with van der Waals surface area (Å²) < 4.78 is 18.9. The van der Waals surface area contributed by atoms with Gasteiger partial charge in [-0.2, -0.15) is 0 Å². The maximum Gasteiger partial charge on any atom is 0.264 e. The lowest BCUT2D eigenvalue weighted by Crippen LogP contribution is -2.46. The van der Waals surface area contributed by atoms with Crippen LogP contribution in [0.2, 0.25) is 0 Å². The van der Waals surface area contributed by atoms with Crippen molar-refractivity contribution in [1.29, 1.82) is 0 Å². The Morgan fingerprint density at radius 1 is 1.06 bits per heavy atom.